The van der Waals surface area contributed by atoms with E-state index in [9.17, 15) is 4.79 Å². The molecule has 2 aliphatic heterocycles. The number of amides is 1. The van der Waals surface area contributed by atoms with E-state index in [-0.39, 0.29) is 51.5 Å². The molecular weight excluding hydrogens is 433 g/mol. The van der Waals surface area contributed by atoms with Gasteiger partial charge in [0.25, 0.3) is 5.91 Å². The number of likely N-dealkylation sites (tertiary alicyclic amines) is 1. The van der Waals surface area contributed by atoms with Crippen molar-refractivity contribution in [2.45, 2.75) is 25.4 Å². The minimum Gasteiger partial charge on any atom is -0.596 e. The van der Waals surface area contributed by atoms with Crippen molar-refractivity contribution in [3.05, 3.63) is 59.0 Å². The first-order valence-corrected chi connectivity index (χ1v) is 9.14. The van der Waals surface area contributed by atoms with Crippen molar-refractivity contribution in [3.8, 4) is 11.5 Å². The van der Waals surface area contributed by atoms with Crippen LogP contribution < -0.4 is 20.6 Å². The van der Waals surface area contributed by atoms with Crippen LogP contribution in [0.2, 0.25) is 0 Å². The third-order valence-electron chi connectivity index (χ3n) is 4.93. The normalized spacial score (nSPS) is 17.8. The number of rotatable bonds is 5. The van der Waals surface area contributed by atoms with Gasteiger partial charge in [0.05, 0.1) is 0 Å². The molecule has 145 valence electrons. The fourth-order valence-electron chi connectivity index (χ4n) is 3.54. The number of nitrogens with one attached hydrogen (secondary N) is 1. The van der Waals surface area contributed by atoms with E-state index >= 15 is 0 Å². The predicted molar refractivity (Wildman–Crippen MR) is 103 cm³/mol. The van der Waals surface area contributed by atoms with E-state index in [1.807, 2.05) is 47.4 Å². The van der Waals surface area contributed by atoms with Crippen LogP contribution in [0.3, 0.4) is 0 Å². The molecule has 1 saturated heterocycles. The predicted octanol–water partition coefficient (Wildman–Crippen LogP) is 2.88. The summed E-state index contributed by atoms with van der Waals surface area (Å²) in [6.45, 7) is 2.17. The van der Waals surface area contributed by atoms with E-state index in [1.165, 1.54) is 0 Å². The molecule has 2 aromatic rings. The third-order valence-corrected chi connectivity index (χ3v) is 4.93. The molecule has 0 spiro atoms. The van der Waals surface area contributed by atoms with Crippen LogP contribution in [0, 0.1) is 0 Å². The largest absolute Gasteiger partial charge is 0.596 e. The van der Waals surface area contributed by atoms with E-state index in [4.69, 9.17) is 15.3 Å². The van der Waals surface area contributed by atoms with Crippen LogP contribution in [-0.2, 0) is 39.3 Å². The van der Waals surface area contributed by atoms with Crippen LogP contribution in [0.1, 0.15) is 28.8 Å². The number of hydrogen-bond acceptors (Lipinski definition) is 5. The second kappa shape index (κ2) is 9.70. The molecule has 4 rings (SSSR count). The first-order chi connectivity index (χ1) is 13.2. The van der Waals surface area contributed by atoms with E-state index in [1.54, 1.807) is 0 Å². The van der Waals surface area contributed by atoms with Crippen LogP contribution in [0.5, 0.6) is 11.5 Å². The number of carbonyl (C=O) groups excluding carboxylic acids is 1. The van der Waals surface area contributed by atoms with Gasteiger partial charge in [-0.25, -0.2) is 0 Å². The zero-order chi connectivity index (χ0) is 18.6. The van der Waals surface area contributed by atoms with Crippen molar-refractivity contribution >= 4 is 11.6 Å². The van der Waals surface area contributed by atoms with Gasteiger partial charge in [-0.3, -0.25) is 4.79 Å². The first-order valence-electron chi connectivity index (χ1n) is 9.14. The van der Waals surface area contributed by atoms with Crippen molar-refractivity contribution in [3.63, 3.8) is 0 Å². The number of hydrogen-bond donors (Lipinski definition) is 2. The van der Waals surface area contributed by atoms with Gasteiger partial charge in [0.15, 0.2) is 11.5 Å². The smallest absolute Gasteiger partial charge is 0.253 e. The zero-order valence-corrected chi connectivity index (χ0v) is 18.5. The number of nitrogens with zero attached hydrogens (tertiary/aromatic N) is 2. The third kappa shape index (κ3) is 4.84. The van der Waals surface area contributed by atoms with E-state index in [2.05, 4.69) is 10.7 Å². The minimum atomic E-state index is 0. The summed E-state index contributed by atoms with van der Waals surface area (Å²) in [5, 5.41) is 3.52. The van der Waals surface area contributed by atoms with Crippen LogP contribution in [0.25, 0.3) is 5.43 Å². The fraction of sp³-hybridized carbons (Fsp3) is 0.350. The van der Waals surface area contributed by atoms with Crippen molar-refractivity contribution in [1.29, 1.82) is 0 Å². The van der Waals surface area contributed by atoms with Crippen LogP contribution in [0.15, 0.2) is 42.5 Å². The fourth-order valence-corrected chi connectivity index (χ4v) is 3.54. The SMILES string of the molecule is N[N-]Cc1ccc(C(=O)N2CCCC(Nc3ccc4c(c3)OCO4)C2)cc1.[Y]. The van der Waals surface area contributed by atoms with Gasteiger partial charge in [0.1, 0.15) is 0 Å². The molecule has 0 aromatic heterocycles. The van der Waals surface area contributed by atoms with E-state index < -0.39 is 0 Å². The van der Waals surface area contributed by atoms with Gasteiger partial charge in [0, 0.05) is 69.2 Å². The van der Waals surface area contributed by atoms with Gasteiger partial charge in [-0.1, -0.05) is 17.7 Å². The summed E-state index contributed by atoms with van der Waals surface area (Å²) < 4.78 is 10.8. The molecule has 1 amide bonds. The second-order valence-electron chi connectivity index (χ2n) is 6.84. The number of anilines is 1. The summed E-state index contributed by atoms with van der Waals surface area (Å²) in [6.07, 6.45) is 1.99. The molecule has 0 aliphatic carbocycles. The summed E-state index contributed by atoms with van der Waals surface area (Å²) in [7, 11) is 0. The number of benzene rings is 2. The van der Waals surface area contributed by atoms with Gasteiger partial charge in [-0.05, 0) is 37.1 Å². The molecule has 0 saturated carbocycles. The Kier molecular flexibility index (Phi) is 7.29. The Hall–Kier alpha value is -1.67. The molecule has 2 aromatic carbocycles. The number of nitrogens with two attached hydrogens (primary N) is 1. The van der Waals surface area contributed by atoms with Gasteiger partial charge in [-0.15, -0.1) is 6.54 Å². The maximum absolute atomic E-state index is 12.8. The summed E-state index contributed by atoms with van der Waals surface area (Å²) in [6, 6.07) is 13.5. The Balaban J connectivity index is 0.00000225. The van der Waals surface area contributed by atoms with Crippen LogP contribution >= 0.6 is 0 Å². The molecule has 0 bridgehead atoms. The van der Waals surface area contributed by atoms with Crippen molar-refractivity contribution < 1.29 is 47.0 Å². The molecule has 1 radical (unpaired) electrons. The minimum absolute atomic E-state index is 0. The van der Waals surface area contributed by atoms with Crippen LogP contribution in [-0.4, -0.2) is 36.7 Å². The number of carbonyl (C=O) groups is 1. The van der Waals surface area contributed by atoms with E-state index in [0.29, 0.717) is 18.7 Å². The monoisotopic (exact) mass is 456 g/mol. The molecule has 2 aliphatic rings. The molecule has 2 heterocycles. The number of fused-ring (bicyclic) bond motifs is 1. The molecule has 1 atom stereocenters. The van der Waals surface area contributed by atoms with Crippen molar-refractivity contribution in [1.82, 2.24) is 4.90 Å². The Morgan fingerprint density at radius 1 is 1.18 bits per heavy atom. The Bertz CT molecular complexity index is 816. The summed E-state index contributed by atoms with van der Waals surface area (Å²) in [4.78, 5) is 14.7. The number of ether oxygens (including phenoxy) is 2. The standard InChI is InChI=1S/C20H23N4O3.Y/c21-22-11-14-3-5-15(6-4-14)20(25)24-9-1-2-17(12-24)23-16-7-8-18-19(10-16)27-13-26-18;/h3-8,10,17,23H,1-2,9,11-13,21H2;/q-1;. The number of piperidine rings is 1. The summed E-state index contributed by atoms with van der Waals surface area (Å²) in [5.41, 5.74) is 6.29. The Morgan fingerprint density at radius 3 is 2.75 bits per heavy atom. The first kappa shape index (κ1) is 21.1. The molecule has 1 fully saturated rings. The van der Waals surface area contributed by atoms with Gasteiger partial charge < -0.3 is 31.0 Å². The van der Waals surface area contributed by atoms with Gasteiger partial charge >= 0.3 is 0 Å². The van der Waals surface area contributed by atoms with Crippen molar-refractivity contribution in [2.75, 3.05) is 25.2 Å². The Morgan fingerprint density at radius 2 is 1.96 bits per heavy atom. The maximum Gasteiger partial charge on any atom is 0.253 e. The second-order valence-corrected chi connectivity index (χ2v) is 6.84. The molecule has 28 heavy (non-hydrogen) atoms. The average Bonchev–Trinajstić information content (AvgIpc) is 3.16. The quantitative estimate of drug-likeness (QED) is 0.534. The summed E-state index contributed by atoms with van der Waals surface area (Å²) >= 11 is 0. The summed E-state index contributed by atoms with van der Waals surface area (Å²) in [5.74, 6) is 6.80. The molecule has 7 nitrogen and oxygen atoms in total. The molecule has 3 N–H and O–H groups in total. The topological polar surface area (TPSA) is 90.9 Å². The van der Waals surface area contributed by atoms with E-state index in [0.717, 1.165) is 42.1 Å². The molecular formula is C20H23N4O3Y-. The van der Waals surface area contributed by atoms with Gasteiger partial charge in [0.2, 0.25) is 6.79 Å². The average molecular weight is 456 g/mol. The van der Waals surface area contributed by atoms with Crippen molar-refractivity contribution in [2.24, 2.45) is 5.84 Å². The maximum atomic E-state index is 12.8. The van der Waals surface area contributed by atoms with Gasteiger partial charge in [-0.2, -0.15) is 0 Å². The zero-order valence-electron chi connectivity index (χ0n) is 15.6. The Labute approximate surface area is 189 Å². The molecule has 1 unspecified atom stereocenters. The molecule has 8 heteroatoms. The van der Waals surface area contributed by atoms with Crippen LogP contribution in [0.4, 0.5) is 5.69 Å².